The maximum absolute atomic E-state index is 11.7. The number of rotatable bonds is 5. The van der Waals surface area contributed by atoms with Gasteiger partial charge in [0.1, 0.15) is 0 Å². The Hall–Kier alpha value is -1.42. The van der Waals surface area contributed by atoms with Crippen molar-refractivity contribution in [2.45, 2.75) is 26.3 Å². The zero-order valence-corrected chi connectivity index (χ0v) is 12.0. The van der Waals surface area contributed by atoms with Gasteiger partial charge in [0.05, 0.1) is 0 Å². The Morgan fingerprint density at radius 2 is 1.89 bits per heavy atom. The largest absolute Gasteiger partial charge is 0.350 e. The minimum Gasteiger partial charge on any atom is -0.350 e. The maximum Gasteiger partial charge on any atom is 0.244 e. The lowest BCUT2D eigenvalue weighted by Gasteiger charge is -2.08. The fourth-order valence-corrected chi connectivity index (χ4v) is 1.52. The lowest BCUT2D eigenvalue weighted by atomic mass is 10.1. The van der Waals surface area contributed by atoms with Gasteiger partial charge in [-0.25, -0.2) is 0 Å². The highest BCUT2D eigenvalue weighted by Crippen LogP contribution is 2.11. The first kappa shape index (κ1) is 14.6. The van der Waals surface area contributed by atoms with Crippen molar-refractivity contribution in [2.24, 2.45) is 0 Å². The van der Waals surface area contributed by atoms with Crippen LogP contribution in [0.4, 0.5) is 0 Å². The van der Waals surface area contributed by atoms with Gasteiger partial charge in [-0.3, -0.25) is 9.59 Å². The second-order valence-electron chi connectivity index (χ2n) is 4.02. The highest BCUT2D eigenvalue weighted by Gasteiger charge is 2.04. The van der Waals surface area contributed by atoms with Gasteiger partial charge in [-0.1, -0.05) is 22.9 Å². The van der Waals surface area contributed by atoms with Crippen LogP contribution in [0.3, 0.4) is 0 Å². The van der Waals surface area contributed by atoms with Crippen LogP contribution in [-0.4, -0.2) is 17.7 Å². The van der Waals surface area contributed by atoms with E-state index in [-0.39, 0.29) is 17.7 Å². The topological polar surface area (TPSA) is 46.2 Å². The van der Waals surface area contributed by atoms with Crippen molar-refractivity contribution in [2.75, 3.05) is 0 Å². The highest BCUT2D eigenvalue weighted by atomic mass is 79.9. The first-order chi connectivity index (χ1) is 8.52. The van der Waals surface area contributed by atoms with Crippen LogP contribution < -0.4 is 5.32 Å². The Morgan fingerprint density at radius 1 is 1.28 bits per heavy atom. The summed E-state index contributed by atoms with van der Waals surface area (Å²) < 4.78 is 0.914. The first-order valence-electron chi connectivity index (χ1n) is 5.81. The zero-order valence-electron chi connectivity index (χ0n) is 10.4. The smallest absolute Gasteiger partial charge is 0.244 e. The summed E-state index contributed by atoms with van der Waals surface area (Å²) in [6.45, 7) is 3.91. The van der Waals surface area contributed by atoms with Crippen molar-refractivity contribution in [3.05, 3.63) is 46.5 Å². The van der Waals surface area contributed by atoms with Gasteiger partial charge in [-0.2, -0.15) is 0 Å². The van der Waals surface area contributed by atoms with Gasteiger partial charge in [0, 0.05) is 22.2 Å². The number of amides is 1. The molecule has 3 nitrogen and oxygen atoms in total. The molecule has 1 unspecified atom stereocenters. The number of carbonyl (C=O) groups is 2. The molecule has 0 aromatic heterocycles. The van der Waals surface area contributed by atoms with Crippen LogP contribution in [0, 0.1) is 0 Å². The Kier molecular flexibility index (Phi) is 5.78. The molecular formula is C14H16BrNO2. The second-order valence-corrected chi connectivity index (χ2v) is 4.94. The molecule has 1 atom stereocenters. The summed E-state index contributed by atoms with van der Waals surface area (Å²) in [7, 11) is 0. The van der Waals surface area contributed by atoms with E-state index in [0.29, 0.717) is 5.56 Å². The molecule has 0 radical (unpaired) electrons. The fraction of sp³-hybridized carbons (Fsp3) is 0.286. The van der Waals surface area contributed by atoms with Gasteiger partial charge in [-0.15, -0.1) is 0 Å². The van der Waals surface area contributed by atoms with E-state index in [2.05, 4.69) is 21.2 Å². The van der Waals surface area contributed by atoms with Crippen molar-refractivity contribution >= 4 is 27.6 Å². The first-order valence-corrected chi connectivity index (χ1v) is 6.60. The molecule has 0 aliphatic heterocycles. The third-order valence-corrected chi connectivity index (χ3v) is 3.04. The van der Waals surface area contributed by atoms with E-state index in [1.807, 2.05) is 13.8 Å². The number of benzene rings is 1. The summed E-state index contributed by atoms with van der Waals surface area (Å²) in [4.78, 5) is 23.2. The number of hydrogen-bond acceptors (Lipinski definition) is 2. The molecule has 0 saturated heterocycles. The second kappa shape index (κ2) is 7.11. The summed E-state index contributed by atoms with van der Waals surface area (Å²) in [5.74, 6) is -0.420. The third kappa shape index (κ3) is 4.84. The minimum atomic E-state index is -0.241. The van der Waals surface area contributed by atoms with E-state index in [0.717, 1.165) is 10.9 Å². The molecule has 0 aliphatic carbocycles. The van der Waals surface area contributed by atoms with E-state index in [4.69, 9.17) is 0 Å². The summed E-state index contributed by atoms with van der Waals surface area (Å²) in [6, 6.07) is 7.12. The zero-order chi connectivity index (χ0) is 13.5. The normalized spacial score (nSPS) is 12.4. The van der Waals surface area contributed by atoms with E-state index >= 15 is 0 Å². The molecule has 0 heterocycles. The SMILES string of the molecule is CCC(C)NC(=O)/C=C/C(=O)c1ccc(Br)cc1. The van der Waals surface area contributed by atoms with Crippen molar-refractivity contribution in [1.82, 2.24) is 5.32 Å². The standard InChI is InChI=1S/C14H16BrNO2/c1-3-10(2)16-14(18)9-8-13(17)11-4-6-12(15)7-5-11/h4-10H,3H2,1-2H3,(H,16,18)/b9-8+. The van der Waals surface area contributed by atoms with Crippen LogP contribution in [0.15, 0.2) is 40.9 Å². The predicted molar refractivity (Wildman–Crippen MR) is 75.5 cm³/mol. The molecule has 1 aromatic carbocycles. The average Bonchev–Trinajstić information content (AvgIpc) is 2.36. The number of ketones is 1. The van der Waals surface area contributed by atoms with Gasteiger partial charge in [0.25, 0.3) is 0 Å². The van der Waals surface area contributed by atoms with Gasteiger partial charge >= 0.3 is 0 Å². The molecule has 0 saturated carbocycles. The minimum absolute atomic E-state index is 0.116. The maximum atomic E-state index is 11.7. The van der Waals surface area contributed by atoms with Crippen LogP contribution in [0.25, 0.3) is 0 Å². The summed E-state index contributed by atoms with van der Waals surface area (Å²) >= 11 is 3.30. The summed E-state index contributed by atoms with van der Waals surface area (Å²) in [5, 5.41) is 2.76. The summed E-state index contributed by atoms with van der Waals surface area (Å²) in [6.07, 6.45) is 3.43. The highest BCUT2D eigenvalue weighted by molar-refractivity contribution is 9.10. The van der Waals surface area contributed by atoms with E-state index in [1.165, 1.54) is 12.2 Å². The molecule has 1 rings (SSSR count). The van der Waals surface area contributed by atoms with Gasteiger partial charge in [-0.05, 0) is 43.7 Å². The van der Waals surface area contributed by atoms with Crippen LogP contribution in [-0.2, 0) is 4.79 Å². The Balaban J connectivity index is 2.59. The third-order valence-electron chi connectivity index (χ3n) is 2.52. The Morgan fingerprint density at radius 3 is 2.44 bits per heavy atom. The molecule has 1 aromatic rings. The molecule has 0 spiro atoms. The van der Waals surface area contributed by atoms with E-state index < -0.39 is 0 Å². The molecule has 4 heteroatoms. The molecule has 18 heavy (non-hydrogen) atoms. The van der Waals surface area contributed by atoms with Crippen LogP contribution in [0.2, 0.25) is 0 Å². The number of hydrogen-bond donors (Lipinski definition) is 1. The Bertz CT molecular complexity index is 451. The average molecular weight is 310 g/mol. The van der Waals surface area contributed by atoms with Crippen molar-refractivity contribution in [1.29, 1.82) is 0 Å². The quantitative estimate of drug-likeness (QED) is 0.671. The van der Waals surface area contributed by atoms with Crippen LogP contribution in [0.1, 0.15) is 30.6 Å². The van der Waals surface area contributed by atoms with Gasteiger partial charge < -0.3 is 5.32 Å². The molecule has 0 aliphatic rings. The van der Waals surface area contributed by atoms with Crippen LogP contribution in [0.5, 0.6) is 0 Å². The molecule has 0 fully saturated rings. The number of halogens is 1. The van der Waals surface area contributed by atoms with Crippen molar-refractivity contribution < 1.29 is 9.59 Å². The predicted octanol–water partition coefficient (Wildman–Crippen LogP) is 3.10. The molecular weight excluding hydrogens is 294 g/mol. The fourth-order valence-electron chi connectivity index (χ4n) is 1.25. The number of carbonyl (C=O) groups excluding carboxylic acids is 2. The van der Waals surface area contributed by atoms with Crippen molar-refractivity contribution in [3.63, 3.8) is 0 Å². The van der Waals surface area contributed by atoms with Crippen molar-refractivity contribution in [3.8, 4) is 0 Å². The van der Waals surface area contributed by atoms with E-state index in [1.54, 1.807) is 24.3 Å². The molecule has 1 N–H and O–H groups in total. The van der Waals surface area contributed by atoms with Gasteiger partial charge in [0.2, 0.25) is 5.91 Å². The molecule has 0 bridgehead atoms. The molecule has 96 valence electrons. The summed E-state index contributed by atoms with van der Waals surface area (Å²) in [5.41, 5.74) is 0.561. The lowest BCUT2D eigenvalue weighted by molar-refractivity contribution is -0.117. The van der Waals surface area contributed by atoms with E-state index in [9.17, 15) is 9.59 Å². The monoisotopic (exact) mass is 309 g/mol. The lowest BCUT2D eigenvalue weighted by Crippen LogP contribution is -2.30. The van der Waals surface area contributed by atoms with Gasteiger partial charge in [0.15, 0.2) is 5.78 Å². The molecule has 1 amide bonds. The Labute approximate surface area is 115 Å². The van der Waals surface area contributed by atoms with Crippen LogP contribution >= 0.6 is 15.9 Å². The number of nitrogens with one attached hydrogen (secondary N) is 1. The number of allylic oxidation sites excluding steroid dienone is 1.